The largest absolute Gasteiger partial charge is 0.341 e. The number of benzene rings is 1. The van der Waals surface area contributed by atoms with Gasteiger partial charge in [-0.15, -0.1) is 0 Å². The number of carbonyl (C=O) groups excluding carboxylic acids is 2. The van der Waals surface area contributed by atoms with E-state index >= 15 is 0 Å². The maximum Gasteiger partial charge on any atom is 0.222 e. The Morgan fingerprint density at radius 1 is 1.07 bits per heavy atom. The number of amides is 1. The molecule has 0 aliphatic heterocycles. The Balaban J connectivity index is 1.66. The van der Waals surface area contributed by atoms with Gasteiger partial charge >= 0.3 is 0 Å². The molecule has 1 aromatic carbocycles. The Labute approximate surface area is 181 Å². The van der Waals surface area contributed by atoms with Gasteiger partial charge in [0.2, 0.25) is 5.91 Å². The highest BCUT2D eigenvalue weighted by molar-refractivity contribution is 6.31. The summed E-state index contributed by atoms with van der Waals surface area (Å²) in [6.45, 7) is 2.30. The molecule has 2 aromatic heterocycles. The molecule has 0 saturated carbocycles. The predicted octanol–water partition coefficient (Wildman–Crippen LogP) is 4.98. The van der Waals surface area contributed by atoms with Crippen LogP contribution in [-0.2, 0) is 17.8 Å². The topological polar surface area (TPSA) is 63.2 Å². The van der Waals surface area contributed by atoms with E-state index in [0.29, 0.717) is 36.5 Å². The second-order valence-electron chi connectivity index (χ2n) is 7.13. The van der Waals surface area contributed by atoms with Gasteiger partial charge in [-0.3, -0.25) is 19.6 Å². The number of carbonyl (C=O) groups is 2. The highest BCUT2D eigenvalue weighted by Crippen LogP contribution is 2.26. The van der Waals surface area contributed by atoms with Crippen molar-refractivity contribution in [2.24, 2.45) is 0 Å². The molecule has 0 spiro atoms. The first-order valence-electron chi connectivity index (χ1n) is 9.89. The molecule has 1 amide bonds. The van der Waals surface area contributed by atoms with E-state index < -0.39 is 0 Å². The van der Waals surface area contributed by atoms with Gasteiger partial charge in [-0.1, -0.05) is 42.8 Å². The molecule has 0 radical (unpaired) electrons. The SMILES string of the molecule is CCC(=O)N(C)Cc1ccc(-c2ccc(C(=O)CCc3cccnc3)nc2)cc1Cl. The third kappa shape index (κ3) is 5.51. The zero-order chi connectivity index (χ0) is 21.5. The molecule has 30 heavy (non-hydrogen) atoms. The summed E-state index contributed by atoms with van der Waals surface area (Å²) in [5, 5.41) is 0.597. The molecule has 0 fully saturated rings. The number of aryl methyl sites for hydroxylation is 1. The number of pyridine rings is 2. The third-order valence-corrected chi connectivity index (χ3v) is 5.29. The first-order valence-corrected chi connectivity index (χ1v) is 10.3. The van der Waals surface area contributed by atoms with Crippen LogP contribution in [0.1, 0.15) is 41.4 Å². The first kappa shape index (κ1) is 21.7. The Morgan fingerprint density at radius 3 is 2.50 bits per heavy atom. The van der Waals surface area contributed by atoms with Crippen LogP contribution in [0.2, 0.25) is 5.02 Å². The predicted molar refractivity (Wildman–Crippen MR) is 118 cm³/mol. The molecule has 5 nitrogen and oxygen atoms in total. The molecular weight excluding hydrogens is 398 g/mol. The van der Waals surface area contributed by atoms with Gasteiger partial charge in [-0.25, -0.2) is 0 Å². The summed E-state index contributed by atoms with van der Waals surface area (Å²) in [7, 11) is 1.77. The van der Waals surface area contributed by atoms with E-state index in [0.717, 1.165) is 22.3 Å². The fraction of sp³-hybridized carbons (Fsp3) is 0.250. The average Bonchev–Trinajstić information content (AvgIpc) is 2.79. The molecular formula is C24H24ClN3O2. The number of hydrogen-bond donors (Lipinski definition) is 0. The van der Waals surface area contributed by atoms with Crippen LogP contribution in [0.25, 0.3) is 11.1 Å². The van der Waals surface area contributed by atoms with Gasteiger partial charge in [-0.2, -0.15) is 0 Å². The van der Waals surface area contributed by atoms with E-state index in [4.69, 9.17) is 11.6 Å². The standard InChI is InChI=1S/C24H24ClN3O2/c1-3-24(30)28(2)16-20-8-7-18(13-21(20)25)19-9-10-22(27-15-19)23(29)11-6-17-5-4-12-26-14-17/h4-5,7-10,12-15H,3,6,11,16H2,1-2H3. The van der Waals surface area contributed by atoms with Crippen LogP contribution < -0.4 is 0 Å². The zero-order valence-electron chi connectivity index (χ0n) is 17.1. The lowest BCUT2D eigenvalue weighted by atomic mass is 10.0. The van der Waals surface area contributed by atoms with E-state index in [1.807, 2.05) is 43.3 Å². The number of aromatic nitrogens is 2. The minimum atomic E-state index is 0.00223. The van der Waals surface area contributed by atoms with Crippen molar-refractivity contribution in [1.29, 1.82) is 0 Å². The second-order valence-corrected chi connectivity index (χ2v) is 7.53. The molecule has 6 heteroatoms. The first-order chi connectivity index (χ1) is 14.5. The van der Waals surface area contributed by atoms with E-state index in [-0.39, 0.29) is 11.7 Å². The minimum absolute atomic E-state index is 0.00223. The Hall–Kier alpha value is -3.05. The van der Waals surface area contributed by atoms with Gasteiger partial charge in [-0.05, 0) is 41.3 Å². The normalized spacial score (nSPS) is 10.6. The monoisotopic (exact) mass is 421 g/mol. The maximum atomic E-state index is 12.4. The van der Waals surface area contributed by atoms with Gasteiger partial charge in [0.25, 0.3) is 0 Å². The number of halogens is 1. The number of nitrogens with zero attached hydrogens (tertiary/aromatic N) is 3. The van der Waals surface area contributed by atoms with Crippen molar-refractivity contribution in [2.45, 2.75) is 32.7 Å². The number of hydrogen-bond acceptors (Lipinski definition) is 4. The molecule has 3 aromatic rings. The lowest BCUT2D eigenvalue weighted by Crippen LogP contribution is -2.25. The third-order valence-electron chi connectivity index (χ3n) is 4.93. The van der Waals surface area contributed by atoms with Crippen molar-refractivity contribution >= 4 is 23.3 Å². The fourth-order valence-electron chi connectivity index (χ4n) is 3.13. The van der Waals surface area contributed by atoms with Crippen LogP contribution in [-0.4, -0.2) is 33.6 Å². The average molecular weight is 422 g/mol. The Bertz CT molecular complexity index is 1020. The zero-order valence-corrected chi connectivity index (χ0v) is 17.9. The van der Waals surface area contributed by atoms with Gasteiger partial charge in [0.05, 0.1) is 0 Å². The van der Waals surface area contributed by atoms with Crippen LogP contribution in [0.15, 0.2) is 61.1 Å². The lowest BCUT2D eigenvalue weighted by molar-refractivity contribution is -0.130. The summed E-state index contributed by atoms with van der Waals surface area (Å²) >= 11 is 6.43. The van der Waals surface area contributed by atoms with Crippen molar-refractivity contribution in [2.75, 3.05) is 7.05 Å². The summed E-state index contributed by atoms with van der Waals surface area (Å²) in [5.74, 6) is 0.0746. The molecule has 0 bridgehead atoms. The smallest absolute Gasteiger partial charge is 0.222 e. The van der Waals surface area contributed by atoms with Crippen LogP contribution in [0.5, 0.6) is 0 Å². The van der Waals surface area contributed by atoms with E-state index in [1.54, 1.807) is 36.6 Å². The van der Waals surface area contributed by atoms with Crippen LogP contribution in [0.4, 0.5) is 0 Å². The number of ketones is 1. The molecule has 2 heterocycles. The van der Waals surface area contributed by atoms with E-state index in [1.165, 1.54) is 0 Å². The van der Waals surface area contributed by atoms with Crippen LogP contribution in [0, 0.1) is 0 Å². The maximum absolute atomic E-state index is 12.4. The van der Waals surface area contributed by atoms with Crippen molar-refractivity contribution in [3.63, 3.8) is 0 Å². The van der Waals surface area contributed by atoms with Gasteiger partial charge in [0.1, 0.15) is 5.69 Å². The molecule has 0 unspecified atom stereocenters. The Morgan fingerprint density at radius 2 is 1.87 bits per heavy atom. The summed E-state index contributed by atoms with van der Waals surface area (Å²) in [6, 6.07) is 13.2. The lowest BCUT2D eigenvalue weighted by Gasteiger charge is -2.17. The molecule has 0 aliphatic rings. The molecule has 3 rings (SSSR count). The summed E-state index contributed by atoms with van der Waals surface area (Å²) in [6.07, 6.45) is 6.67. The highest BCUT2D eigenvalue weighted by Gasteiger charge is 2.12. The summed E-state index contributed by atoms with van der Waals surface area (Å²) in [5.41, 5.74) is 4.16. The molecule has 154 valence electrons. The highest BCUT2D eigenvalue weighted by atomic mass is 35.5. The number of rotatable bonds is 8. The second kappa shape index (κ2) is 10.1. The van der Waals surface area contributed by atoms with Crippen LogP contribution in [0.3, 0.4) is 0 Å². The molecule has 0 N–H and O–H groups in total. The van der Waals surface area contributed by atoms with Crippen molar-refractivity contribution < 1.29 is 9.59 Å². The van der Waals surface area contributed by atoms with Gasteiger partial charge < -0.3 is 4.90 Å². The number of Topliss-reactive ketones (excluding diaryl/α,β-unsaturated/α-hetero) is 1. The molecule has 0 saturated heterocycles. The van der Waals surface area contributed by atoms with Crippen LogP contribution >= 0.6 is 11.6 Å². The van der Waals surface area contributed by atoms with E-state index in [9.17, 15) is 9.59 Å². The summed E-state index contributed by atoms with van der Waals surface area (Å²) in [4.78, 5) is 34.3. The van der Waals surface area contributed by atoms with Crippen molar-refractivity contribution in [1.82, 2.24) is 14.9 Å². The van der Waals surface area contributed by atoms with Crippen molar-refractivity contribution in [3.8, 4) is 11.1 Å². The van der Waals surface area contributed by atoms with Gasteiger partial charge in [0.15, 0.2) is 5.78 Å². The van der Waals surface area contributed by atoms with Crippen molar-refractivity contribution in [3.05, 3.63) is 82.9 Å². The fourth-order valence-corrected chi connectivity index (χ4v) is 3.37. The molecule has 0 aliphatic carbocycles. The minimum Gasteiger partial charge on any atom is -0.341 e. The quantitative estimate of drug-likeness (QED) is 0.481. The van der Waals surface area contributed by atoms with E-state index in [2.05, 4.69) is 9.97 Å². The summed E-state index contributed by atoms with van der Waals surface area (Å²) < 4.78 is 0. The molecule has 0 atom stereocenters. The Kier molecular flexibility index (Phi) is 7.31. The van der Waals surface area contributed by atoms with Gasteiger partial charge in [0, 0.05) is 55.6 Å².